The predicted molar refractivity (Wildman–Crippen MR) is 136 cm³/mol. The average molecular weight is 500 g/mol. The van der Waals surface area contributed by atoms with Crippen LogP contribution in [0.3, 0.4) is 0 Å². The average Bonchev–Trinajstić information content (AvgIpc) is 3.22. The maximum absolute atomic E-state index is 12.5. The van der Waals surface area contributed by atoms with Gasteiger partial charge in [0.15, 0.2) is 6.61 Å². The first-order valence-electron chi connectivity index (χ1n) is 11.5. The van der Waals surface area contributed by atoms with Crippen LogP contribution < -0.4 is 5.32 Å². The van der Waals surface area contributed by atoms with E-state index in [1.165, 1.54) is 17.4 Å². The van der Waals surface area contributed by atoms with Gasteiger partial charge in [-0.25, -0.2) is 9.59 Å². The van der Waals surface area contributed by atoms with E-state index in [1.54, 1.807) is 13.8 Å². The number of amides is 1. The van der Waals surface area contributed by atoms with Crippen molar-refractivity contribution in [2.45, 2.75) is 61.4 Å². The van der Waals surface area contributed by atoms with Crippen LogP contribution in [-0.4, -0.2) is 35.6 Å². The number of nitrogens with zero attached hydrogens (tertiary/aromatic N) is 2. The maximum Gasteiger partial charge on any atom is 0.349 e. The quantitative estimate of drug-likeness (QED) is 0.277. The summed E-state index contributed by atoms with van der Waals surface area (Å²) >= 11 is 1.24. The highest BCUT2D eigenvalue weighted by Crippen LogP contribution is 2.33. The lowest BCUT2D eigenvalue weighted by Crippen LogP contribution is -2.22. The van der Waals surface area contributed by atoms with Crippen molar-refractivity contribution < 1.29 is 23.9 Å². The number of anilines is 1. The molecule has 1 amide bonds. The largest absolute Gasteiger partial charge is 0.462 e. The molecule has 0 radical (unpaired) electrons. The number of carbonyl (C=O) groups excluding carboxylic acids is 3. The van der Waals surface area contributed by atoms with Crippen LogP contribution in [-0.2, 0) is 25.6 Å². The minimum atomic E-state index is -0.890. The Bertz CT molecular complexity index is 1180. The molecular weight excluding hydrogens is 466 g/mol. The molecule has 0 aliphatic heterocycles. The smallest absolute Gasteiger partial charge is 0.349 e. The van der Waals surface area contributed by atoms with Crippen molar-refractivity contribution >= 4 is 40.3 Å². The lowest BCUT2D eigenvalue weighted by atomic mass is 10.1. The van der Waals surface area contributed by atoms with Crippen LogP contribution in [0, 0.1) is 44.9 Å². The number of thiophene rings is 1. The van der Waals surface area contributed by atoms with Gasteiger partial charge in [-0.1, -0.05) is 13.8 Å². The molecule has 2 heterocycles. The van der Waals surface area contributed by atoms with Crippen molar-refractivity contribution in [1.82, 2.24) is 4.57 Å². The molecule has 0 spiro atoms. The first kappa shape index (κ1) is 27.9. The van der Waals surface area contributed by atoms with E-state index in [4.69, 9.17) is 9.47 Å². The minimum Gasteiger partial charge on any atom is -0.462 e. The molecule has 35 heavy (non-hydrogen) atoms. The normalized spacial score (nSPS) is 11.3. The van der Waals surface area contributed by atoms with Gasteiger partial charge in [0.25, 0.3) is 5.91 Å². The number of aryl methyl sites for hydroxylation is 2. The summed E-state index contributed by atoms with van der Waals surface area (Å²) in [6.45, 7) is 14.0. The van der Waals surface area contributed by atoms with Gasteiger partial charge in [-0.15, -0.1) is 11.3 Å². The van der Waals surface area contributed by atoms with Crippen molar-refractivity contribution in [2.24, 2.45) is 5.92 Å². The van der Waals surface area contributed by atoms with Gasteiger partial charge >= 0.3 is 11.9 Å². The number of aromatic nitrogens is 1. The molecule has 0 aromatic carbocycles. The van der Waals surface area contributed by atoms with E-state index in [0.29, 0.717) is 16.5 Å². The van der Waals surface area contributed by atoms with E-state index in [2.05, 4.69) is 23.7 Å². The molecule has 2 aromatic rings. The van der Waals surface area contributed by atoms with Crippen LogP contribution in [0.25, 0.3) is 6.08 Å². The van der Waals surface area contributed by atoms with Gasteiger partial charge in [-0.2, -0.15) is 5.26 Å². The van der Waals surface area contributed by atoms with Crippen LogP contribution >= 0.6 is 11.3 Å². The van der Waals surface area contributed by atoms with Crippen LogP contribution in [0.2, 0.25) is 0 Å². The topological polar surface area (TPSA) is 110 Å². The fourth-order valence-electron chi connectivity index (χ4n) is 3.53. The van der Waals surface area contributed by atoms with Gasteiger partial charge in [0.05, 0.1) is 12.2 Å². The fourth-order valence-corrected chi connectivity index (χ4v) is 4.60. The molecule has 2 rings (SSSR count). The number of carbonyl (C=O) groups is 3. The Hall–Kier alpha value is -3.38. The Morgan fingerprint density at radius 2 is 1.89 bits per heavy atom. The molecule has 1 N–H and O–H groups in total. The van der Waals surface area contributed by atoms with Gasteiger partial charge in [-0.05, 0) is 70.2 Å². The monoisotopic (exact) mass is 499 g/mol. The van der Waals surface area contributed by atoms with Gasteiger partial charge in [0.2, 0.25) is 0 Å². The first-order valence-corrected chi connectivity index (χ1v) is 12.3. The summed E-state index contributed by atoms with van der Waals surface area (Å²) in [7, 11) is 0. The second kappa shape index (κ2) is 12.4. The first-order chi connectivity index (χ1) is 16.5. The highest BCUT2D eigenvalue weighted by molar-refractivity contribution is 7.16. The Labute approximate surface area is 210 Å². The molecular formula is C26H33N3O5S. The van der Waals surface area contributed by atoms with Gasteiger partial charge in [0.1, 0.15) is 16.6 Å². The SMILES string of the molecule is CCOC(=O)c1c(NC(=O)COC(=O)/C(C#N)=C/c2cc(C)n(CCC(C)C)c2C)sc(C)c1C. The van der Waals surface area contributed by atoms with Crippen molar-refractivity contribution in [2.75, 3.05) is 18.5 Å². The van der Waals surface area contributed by atoms with Crippen molar-refractivity contribution in [3.63, 3.8) is 0 Å². The summed E-state index contributed by atoms with van der Waals surface area (Å²) in [5.74, 6) is -1.48. The van der Waals surface area contributed by atoms with Crippen molar-refractivity contribution in [3.8, 4) is 6.07 Å². The van der Waals surface area contributed by atoms with Gasteiger partial charge in [0, 0.05) is 22.8 Å². The molecule has 0 saturated heterocycles. The number of hydrogen-bond donors (Lipinski definition) is 1. The lowest BCUT2D eigenvalue weighted by Gasteiger charge is -2.11. The molecule has 0 atom stereocenters. The Kier molecular flexibility index (Phi) is 9.84. The molecule has 9 heteroatoms. The molecule has 188 valence electrons. The molecule has 0 unspecified atom stereocenters. The van der Waals surface area contributed by atoms with Crippen LogP contribution in [0.1, 0.15) is 64.9 Å². The summed E-state index contributed by atoms with van der Waals surface area (Å²) in [6.07, 6.45) is 2.50. The Balaban J connectivity index is 2.10. The number of nitriles is 1. The molecule has 0 fully saturated rings. The second-order valence-corrected chi connectivity index (χ2v) is 9.89. The molecule has 2 aromatic heterocycles. The van der Waals surface area contributed by atoms with E-state index < -0.39 is 24.5 Å². The molecule has 0 aliphatic carbocycles. The number of nitrogens with one attached hydrogen (secondary N) is 1. The molecule has 8 nitrogen and oxygen atoms in total. The summed E-state index contributed by atoms with van der Waals surface area (Å²) < 4.78 is 12.3. The zero-order valence-corrected chi connectivity index (χ0v) is 22.2. The van der Waals surface area contributed by atoms with Crippen LogP contribution in [0.15, 0.2) is 11.6 Å². The second-order valence-electron chi connectivity index (χ2n) is 8.66. The molecule has 0 bridgehead atoms. The van der Waals surface area contributed by atoms with Gasteiger partial charge in [-0.3, -0.25) is 4.79 Å². The van der Waals surface area contributed by atoms with Crippen molar-refractivity contribution in [3.05, 3.63) is 44.6 Å². The maximum atomic E-state index is 12.5. The van der Waals surface area contributed by atoms with Gasteiger partial charge < -0.3 is 19.4 Å². The van der Waals surface area contributed by atoms with E-state index in [9.17, 15) is 19.6 Å². The predicted octanol–water partition coefficient (Wildman–Crippen LogP) is 5.09. The van der Waals surface area contributed by atoms with E-state index >= 15 is 0 Å². The molecule has 0 saturated carbocycles. The zero-order chi connectivity index (χ0) is 26.3. The highest BCUT2D eigenvalue weighted by atomic mass is 32.1. The Morgan fingerprint density at radius 3 is 2.49 bits per heavy atom. The number of hydrogen-bond acceptors (Lipinski definition) is 7. The highest BCUT2D eigenvalue weighted by Gasteiger charge is 2.23. The molecule has 0 aliphatic rings. The lowest BCUT2D eigenvalue weighted by molar-refractivity contribution is -0.142. The van der Waals surface area contributed by atoms with Crippen LogP contribution in [0.5, 0.6) is 0 Å². The van der Waals surface area contributed by atoms with E-state index in [1.807, 2.05) is 32.9 Å². The third-order valence-corrected chi connectivity index (χ3v) is 6.76. The Morgan fingerprint density at radius 1 is 1.20 bits per heavy atom. The minimum absolute atomic E-state index is 0.197. The standard InChI is InChI=1S/C26H33N3O5S/c1-8-33-26(32)23-17(5)19(7)35-24(23)28-22(30)14-34-25(31)21(13-27)12-20-11-16(4)29(18(20)6)10-9-15(2)3/h11-12,15H,8-10,14H2,1-7H3,(H,28,30)/b21-12+. The summed E-state index contributed by atoms with van der Waals surface area (Å²) in [4.78, 5) is 38.1. The third kappa shape index (κ3) is 7.06. The summed E-state index contributed by atoms with van der Waals surface area (Å²) in [5.41, 5.74) is 3.57. The number of rotatable bonds is 10. The summed E-state index contributed by atoms with van der Waals surface area (Å²) in [6, 6.07) is 3.79. The summed E-state index contributed by atoms with van der Waals surface area (Å²) in [5, 5.41) is 12.5. The van der Waals surface area contributed by atoms with Crippen LogP contribution in [0.4, 0.5) is 5.00 Å². The van der Waals surface area contributed by atoms with Crippen molar-refractivity contribution in [1.29, 1.82) is 5.26 Å². The fraction of sp³-hybridized carbons (Fsp3) is 0.462. The van der Waals surface area contributed by atoms with E-state index in [0.717, 1.165) is 40.4 Å². The number of esters is 2. The zero-order valence-electron chi connectivity index (χ0n) is 21.4. The third-order valence-electron chi connectivity index (χ3n) is 5.64. The van der Waals surface area contributed by atoms with E-state index in [-0.39, 0.29) is 12.2 Å². The number of ether oxygens (including phenoxy) is 2.